The van der Waals surface area contributed by atoms with Crippen molar-refractivity contribution in [2.45, 2.75) is 6.92 Å². The van der Waals surface area contributed by atoms with Crippen LogP contribution in [0.5, 0.6) is 5.75 Å². The van der Waals surface area contributed by atoms with E-state index in [1.807, 2.05) is 30.3 Å². The number of aromatic nitrogens is 1. The number of hydrogen-bond acceptors (Lipinski definition) is 5. The second-order valence-electron chi connectivity index (χ2n) is 6.82. The molecule has 1 aromatic heterocycles. The van der Waals surface area contributed by atoms with Gasteiger partial charge in [0.1, 0.15) is 10.8 Å². The lowest BCUT2D eigenvalue weighted by Crippen LogP contribution is -2.34. The molecule has 0 unspecified atom stereocenters. The van der Waals surface area contributed by atoms with E-state index in [-0.39, 0.29) is 5.11 Å². The molecule has 0 aliphatic rings. The number of fused-ring (bicyclic) bond motifs is 1. The van der Waals surface area contributed by atoms with Gasteiger partial charge in [0.25, 0.3) is 5.91 Å². The van der Waals surface area contributed by atoms with Crippen molar-refractivity contribution in [3.63, 3.8) is 0 Å². The zero-order chi connectivity index (χ0) is 22.0. The zero-order valence-corrected chi connectivity index (χ0v) is 19.1. The monoisotopic (exact) mass is 467 g/mol. The molecular formula is C23H18ClN3O2S2. The van der Waals surface area contributed by atoms with Crippen LogP contribution in [-0.4, -0.2) is 23.1 Å². The van der Waals surface area contributed by atoms with Gasteiger partial charge in [0.2, 0.25) is 0 Å². The molecule has 0 radical (unpaired) electrons. The van der Waals surface area contributed by atoms with Crippen molar-refractivity contribution in [1.82, 2.24) is 10.3 Å². The van der Waals surface area contributed by atoms with Gasteiger partial charge in [-0.05, 0) is 67.2 Å². The number of methoxy groups -OCH3 is 1. The molecule has 8 heteroatoms. The molecule has 2 N–H and O–H groups in total. The molecule has 0 aliphatic carbocycles. The largest absolute Gasteiger partial charge is 0.496 e. The van der Waals surface area contributed by atoms with E-state index >= 15 is 0 Å². The first-order valence-corrected chi connectivity index (χ1v) is 11.0. The average molecular weight is 468 g/mol. The van der Waals surface area contributed by atoms with Gasteiger partial charge in [0, 0.05) is 16.3 Å². The van der Waals surface area contributed by atoms with E-state index < -0.39 is 5.91 Å². The predicted molar refractivity (Wildman–Crippen MR) is 131 cm³/mol. The Bertz CT molecular complexity index is 1300. The van der Waals surface area contributed by atoms with Crippen LogP contribution in [0.1, 0.15) is 15.9 Å². The molecule has 5 nitrogen and oxygen atoms in total. The number of hydrogen-bond donors (Lipinski definition) is 2. The molecule has 0 fully saturated rings. The summed E-state index contributed by atoms with van der Waals surface area (Å²) in [6, 6.07) is 18.8. The first-order valence-electron chi connectivity index (χ1n) is 9.36. The highest BCUT2D eigenvalue weighted by Gasteiger charge is 2.15. The minimum absolute atomic E-state index is 0.170. The number of thiazole rings is 1. The summed E-state index contributed by atoms with van der Waals surface area (Å²) in [5.74, 6) is 0.00678. The van der Waals surface area contributed by atoms with Gasteiger partial charge in [-0.25, -0.2) is 4.98 Å². The number of amides is 1. The Morgan fingerprint density at radius 1 is 1.13 bits per heavy atom. The molecule has 0 spiro atoms. The summed E-state index contributed by atoms with van der Waals surface area (Å²) in [4.78, 5) is 17.3. The molecule has 0 atom stereocenters. The Kier molecular flexibility index (Phi) is 6.18. The number of anilines is 1. The van der Waals surface area contributed by atoms with Crippen molar-refractivity contribution in [3.8, 4) is 16.3 Å². The number of rotatable bonds is 4. The van der Waals surface area contributed by atoms with Crippen LogP contribution in [0.15, 0.2) is 60.7 Å². The molecule has 4 aromatic rings. The molecule has 0 aliphatic heterocycles. The molecule has 0 bridgehead atoms. The molecule has 156 valence electrons. The van der Waals surface area contributed by atoms with Crippen molar-refractivity contribution in [2.24, 2.45) is 0 Å². The second-order valence-corrected chi connectivity index (χ2v) is 8.70. The SMILES string of the molecule is COc1ccc(Cl)cc1C(=O)NC(=S)Nc1cccc(-c2nc3ccc(C)cc3s2)c1. The Balaban J connectivity index is 1.50. The fourth-order valence-corrected chi connectivity index (χ4v) is 4.52. The normalized spacial score (nSPS) is 10.7. The summed E-state index contributed by atoms with van der Waals surface area (Å²) < 4.78 is 6.37. The predicted octanol–water partition coefficient (Wildman–Crippen LogP) is 6.06. The molecular weight excluding hydrogens is 450 g/mol. The number of aryl methyl sites for hydroxylation is 1. The quantitative estimate of drug-likeness (QED) is 0.357. The van der Waals surface area contributed by atoms with E-state index in [0.29, 0.717) is 16.3 Å². The van der Waals surface area contributed by atoms with Crippen LogP contribution in [-0.2, 0) is 0 Å². The molecule has 4 rings (SSSR count). The third-order valence-electron chi connectivity index (χ3n) is 4.54. The molecule has 0 saturated heterocycles. The highest BCUT2D eigenvalue weighted by Crippen LogP contribution is 2.32. The van der Waals surface area contributed by atoms with Crippen LogP contribution < -0.4 is 15.4 Å². The van der Waals surface area contributed by atoms with Gasteiger partial charge in [-0.2, -0.15) is 0 Å². The van der Waals surface area contributed by atoms with Crippen molar-refractivity contribution in [3.05, 3.63) is 76.8 Å². The number of benzene rings is 3. The summed E-state index contributed by atoms with van der Waals surface area (Å²) in [6.45, 7) is 2.07. The third-order valence-corrected chi connectivity index (χ3v) is 6.05. The van der Waals surface area contributed by atoms with Crippen molar-refractivity contribution >= 4 is 62.1 Å². The number of nitrogens with zero attached hydrogens (tertiary/aromatic N) is 1. The van der Waals surface area contributed by atoms with Crippen LogP contribution in [0, 0.1) is 6.92 Å². The number of carbonyl (C=O) groups excluding carboxylic acids is 1. The maximum Gasteiger partial charge on any atom is 0.261 e. The van der Waals surface area contributed by atoms with Gasteiger partial charge in [-0.3, -0.25) is 10.1 Å². The van der Waals surface area contributed by atoms with E-state index in [2.05, 4.69) is 29.7 Å². The fraction of sp³-hybridized carbons (Fsp3) is 0.0870. The first-order chi connectivity index (χ1) is 14.9. The zero-order valence-electron chi connectivity index (χ0n) is 16.7. The lowest BCUT2D eigenvalue weighted by molar-refractivity contribution is 0.0975. The lowest BCUT2D eigenvalue weighted by Gasteiger charge is -2.12. The minimum Gasteiger partial charge on any atom is -0.496 e. The summed E-state index contributed by atoms with van der Waals surface area (Å²) in [5.41, 5.74) is 4.20. The van der Waals surface area contributed by atoms with E-state index in [0.717, 1.165) is 26.5 Å². The first kappa shape index (κ1) is 21.2. The van der Waals surface area contributed by atoms with Crippen LogP contribution >= 0.6 is 35.2 Å². The highest BCUT2D eigenvalue weighted by atomic mass is 35.5. The topological polar surface area (TPSA) is 63.2 Å². The molecule has 31 heavy (non-hydrogen) atoms. The number of thiocarbonyl (C=S) groups is 1. The van der Waals surface area contributed by atoms with Gasteiger partial charge in [0.15, 0.2) is 5.11 Å². The van der Waals surface area contributed by atoms with Gasteiger partial charge in [-0.1, -0.05) is 29.8 Å². The number of halogens is 1. The summed E-state index contributed by atoms with van der Waals surface area (Å²) in [5, 5.41) is 7.24. The molecule has 1 heterocycles. The standard InChI is InChI=1S/C23H18ClN3O2S2/c1-13-6-8-18-20(10-13)31-22(26-18)14-4-3-5-16(11-14)25-23(30)27-21(28)17-12-15(24)7-9-19(17)29-2/h3-12H,1-2H3,(H2,25,27,28,30). The van der Waals surface area contributed by atoms with Gasteiger partial charge in [-0.15, -0.1) is 11.3 Å². The maximum atomic E-state index is 12.6. The summed E-state index contributed by atoms with van der Waals surface area (Å²) in [7, 11) is 1.49. The summed E-state index contributed by atoms with van der Waals surface area (Å²) >= 11 is 13.0. The van der Waals surface area contributed by atoms with Crippen molar-refractivity contribution in [1.29, 1.82) is 0 Å². The van der Waals surface area contributed by atoms with E-state index in [9.17, 15) is 4.79 Å². The van der Waals surface area contributed by atoms with Crippen LogP contribution in [0.3, 0.4) is 0 Å². The van der Waals surface area contributed by atoms with E-state index in [4.69, 9.17) is 33.5 Å². The average Bonchev–Trinajstić information content (AvgIpc) is 3.17. The third kappa shape index (κ3) is 4.85. The van der Waals surface area contributed by atoms with E-state index in [1.165, 1.54) is 18.7 Å². The maximum absolute atomic E-state index is 12.6. The number of ether oxygens (including phenoxy) is 1. The Morgan fingerprint density at radius 3 is 2.77 bits per heavy atom. The highest BCUT2D eigenvalue weighted by molar-refractivity contribution is 7.80. The van der Waals surface area contributed by atoms with E-state index in [1.54, 1.807) is 23.5 Å². The smallest absolute Gasteiger partial charge is 0.261 e. The lowest BCUT2D eigenvalue weighted by atomic mass is 10.2. The second kappa shape index (κ2) is 9.01. The van der Waals surface area contributed by atoms with Crippen LogP contribution in [0.25, 0.3) is 20.8 Å². The Morgan fingerprint density at radius 2 is 1.97 bits per heavy atom. The van der Waals surface area contributed by atoms with Gasteiger partial charge in [0.05, 0.1) is 22.9 Å². The Labute approximate surface area is 194 Å². The van der Waals surface area contributed by atoms with Gasteiger partial charge < -0.3 is 10.1 Å². The Hall–Kier alpha value is -3.00. The number of carbonyl (C=O) groups is 1. The van der Waals surface area contributed by atoms with Crippen LogP contribution in [0.4, 0.5) is 5.69 Å². The molecule has 1 amide bonds. The van der Waals surface area contributed by atoms with Crippen molar-refractivity contribution < 1.29 is 9.53 Å². The fourth-order valence-electron chi connectivity index (χ4n) is 3.08. The number of nitrogens with one attached hydrogen (secondary N) is 2. The summed E-state index contributed by atoms with van der Waals surface area (Å²) in [6.07, 6.45) is 0. The van der Waals surface area contributed by atoms with Gasteiger partial charge >= 0.3 is 0 Å². The minimum atomic E-state index is -0.408. The molecule has 3 aromatic carbocycles. The molecule has 0 saturated carbocycles. The van der Waals surface area contributed by atoms with Crippen molar-refractivity contribution in [2.75, 3.05) is 12.4 Å². The van der Waals surface area contributed by atoms with Crippen LogP contribution in [0.2, 0.25) is 5.02 Å².